The van der Waals surface area contributed by atoms with Gasteiger partial charge in [0.15, 0.2) is 11.6 Å². The van der Waals surface area contributed by atoms with Gasteiger partial charge in [-0.05, 0) is 46.6 Å². The fourth-order valence-corrected chi connectivity index (χ4v) is 4.82. The summed E-state index contributed by atoms with van der Waals surface area (Å²) in [5.41, 5.74) is 2.82. The molecule has 1 aromatic carbocycles. The largest absolute Gasteiger partial charge is 0.337 e. The van der Waals surface area contributed by atoms with Crippen LogP contribution in [0.15, 0.2) is 59.9 Å². The predicted molar refractivity (Wildman–Crippen MR) is 136 cm³/mol. The second-order valence-corrected chi connectivity index (χ2v) is 9.51. The summed E-state index contributed by atoms with van der Waals surface area (Å²) in [6, 6.07) is 6.37. The van der Waals surface area contributed by atoms with Crippen molar-refractivity contribution in [3.63, 3.8) is 0 Å². The summed E-state index contributed by atoms with van der Waals surface area (Å²) < 4.78 is 16.5. The molecule has 0 aliphatic carbocycles. The van der Waals surface area contributed by atoms with Gasteiger partial charge in [-0.3, -0.25) is 19.4 Å². The van der Waals surface area contributed by atoms with Gasteiger partial charge in [-0.1, -0.05) is 6.07 Å². The molecule has 1 N–H and O–H groups in total. The zero-order valence-corrected chi connectivity index (χ0v) is 21.2. The molecule has 0 spiro atoms. The highest BCUT2D eigenvalue weighted by Gasteiger charge is 2.40. The molecule has 0 radical (unpaired) electrons. The lowest BCUT2D eigenvalue weighted by atomic mass is 10.0. The third-order valence-electron chi connectivity index (χ3n) is 6.21. The Kier molecular flexibility index (Phi) is 6.74. The molecule has 1 saturated heterocycles. The van der Waals surface area contributed by atoms with E-state index in [1.807, 2.05) is 24.3 Å². The fourth-order valence-electron chi connectivity index (χ4n) is 4.51. The number of hydrogen-bond acceptors (Lipinski definition) is 7. The molecule has 1 aliphatic heterocycles. The Morgan fingerprint density at radius 2 is 1.97 bits per heavy atom. The van der Waals surface area contributed by atoms with Crippen molar-refractivity contribution in [3.8, 4) is 11.1 Å². The van der Waals surface area contributed by atoms with E-state index in [2.05, 4.69) is 41.4 Å². The van der Waals surface area contributed by atoms with E-state index in [4.69, 9.17) is 0 Å². The molecular formula is C25H21BrFN7O3. The molecule has 4 heterocycles. The second-order valence-electron chi connectivity index (χ2n) is 8.70. The maximum Gasteiger partial charge on any atom is 0.248 e. The number of fused-ring (bicyclic) bond motifs is 1. The van der Waals surface area contributed by atoms with Crippen LogP contribution in [0, 0.1) is 0 Å². The average molecular weight is 566 g/mol. The lowest BCUT2D eigenvalue weighted by molar-refractivity contribution is -0.137. The van der Waals surface area contributed by atoms with Crippen LogP contribution in [0.2, 0.25) is 0 Å². The minimum Gasteiger partial charge on any atom is -0.337 e. The minimum absolute atomic E-state index is 0.118. The summed E-state index contributed by atoms with van der Waals surface area (Å²) in [4.78, 5) is 47.9. The lowest BCUT2D eigenvalue weighted by Gasteiger charge is -2.24. The van der Waals surface area contributed by atoms with E-state index in [0.29, 0.717) is 21.1 Å². The second kappa shape index (κ2) is 10.1. The van der Waals surface area contributed by atoms with E-state index in [-0.39, 0.29) is 31.1 Å². The number of hydrogen-bond donors (Lipinski definition) is 1. The smallest absolute Gasteiger partial charge is 0.248 e. The van der Waals surface area contributed by atoms with Gasteiger partial charge in [-0.15, -0.1) is 0 Å². The maximum atomic E-state index is 14.4. The van der Waals surface area contributed by atoms with Crippen molar-refractivity contribution in [2.45, 2.75) is 32.1 Å². The van der Waals surface area contributed by atoms with Crippen molar-refractivity contribution >= 4 is 50.2 Å². The van der Waals surface area contributed by atoms with Crippen LogP contribution in [0.5, 0.6) is 0 Å². The highest BCUT2D eigenvalue weighted by molar-refractivity contribution is 9.10. The number of alkyl halides is 1. The van der Waals surface area contributed by atoms with Crippen LogP contribution in [0.4, 0.5) is 10.2 Å². The number of carbonyl (C=O) groups excluding carboxylic acids is 3. The number of nitrogens with zero attached hydrogens (tertiary/aromatic N) is 6. The number of amides is 2. The summed E-state index contributed by atoms with van der Waals surface area (Å²) in [6.45, 7) is 1.10. The predicted octanol–water partition coefficient (Wildman–Crippen LogP) is 3.43. The number of carbonyl (C=O) groups is 3. The molecular weight excluding hydrogens is 545 g/mol. The van der Waals surface area contributed by atoms with Gasteiger partial charge < -0.3 is 14.8 Å². The van der Waals surface area contributed by atoms with Crippen molar-refractivity contribution in [2.75, 3.05) is 11.9 Å². The van der Waals surface area contributed by atoms with E-state index < -0.39 is 24.0 Å². The maximum absolute atomic E-state index is 14.4. The highest BCUT2D eigenvalue weighted by atomic mass is 79.9. The van der Waals surface area contributed by atoms with Gasteiger partial charge in [-0.2, -0.15) is 10.2 Å². The molecule has 2 atom stereocenters. The van der Waals surface area contributed by atoms with Gasteiger partial charge in [-0.25, -0.2) is 9.37 Å². The SMILES string of the molecule is CC(=O)c1cn(CC(=O)N2CC(F)CC2C(=O)Nc2cncc(Br)n2)c2ccc(-c3ccnnc3)cc12. The summed E-state index contributed by atoms with van der Waals surface area (Å²) in [5, 5.41) is 11.0. The Morgan fingerprint density at radius 1 is 1.14 bits per heavy atom. The van der Waals surface area contributed by atoms with E-state index >= 15 is 0 Å². The first-order valence-electron chi connectivity index (χ1n) is 11.4. The average Bonchev–Trinajstić information content (AvgIpc) is 3.45. The Hall–Kier alpha value is -4.06. The van der Waals surface area contributed by atoms with Gasteiger partial charge in [0.25, 0.3) is 0 Å². The first-order valence-corrected chi connectivity index (χ1v) is 12.2. The molecule has 5 rings (SSSR count). The Balaban J connectivity index is 1.41. The summed E-state index contributed by atoms with van der Waals surface area (Å²) in [7, 11) is 0. The standard InChI is InChI=1S/C25H21BrFN7O3/c1-14(35)19-12-33(20-3-2-15(6-18(19)20)16-4-5-29-30-8-16)13-24(36)34-11-17(27)7-21(34)25(37)32-23-10-28-9-22(26)31-23/h2-6,8-10,12,17,21H,7,11,13H2,1H3,(H,31,32,37). The molecule has 1 aliphatic rings. The van der Waals surface area contributed by atoms with Gasteiger partial charge in [0, 0.05) is 34.6 Å². The van der Waals surface area contributed by atoms with Crippen molar-refractivity contribution in [3.05, 3.63) is 65.4 Å². The lowest BCUT2D eigenvalue weighted by Crippen LogP contribution is -2.44. The summed E-state index contributed by atoms with van der Waals surface area (Å²) in [5.74, 6) is -0.941. The number of anilines is 1. The van der Waals surface area contributed by atoms with Crippen LogP contribution in [0.1, 0.15) is 23.7 Å². The Morgan fingerprint density at radius 3 is 2.70 bits per heavy atom. The molecule has 188 valence electrons. The molecule has 10 nitrogen and oxygen atoms in total. The zero-order chi connectivity index (χ0) is 26.1. The topological polar surface area (TPSA) is 123 Å². The highest BCUT2D eigenvalue weighted by Crippen LogP contribution is 2.29. The first-order chi connectivity index (χ1) is 17.8. The number of likely N-dealkylation sites (tertiary alicyclic amines) is 1. The zero-order valence-electron chi connectivity index (χ0n) is 19.6. The van der Waals surface area contributed by atoms with E-state index in [0.717, 1.165) is 11.1 Å². The number of benzene rings is 1. The van der Waals surface area contributed by atoms with Crippen molar-refractivity contribution < 1.29 is 18.8 Å². The Bertz CT molecular complexity index is 1510. The van der Waals surface area contributed by atoms with Crippen molar-refractivity contribution in [2.24, 2.45) is 0 Å². The quantitative estimate of drug-likeness (QED) is 0.355. The molecule has 0 bridgehead atoms. The van der Waals surface area contributed by atoms with E-state index in [9.17, 15) is 18.8 Å². The first kappa shape index (κ1) is 24.6. The number of ketones is 1. The third kappa shape index (κ3) is 5.10. The summed E-state index contributed by atoms with van der Waals surface area (Å²) >= 11 is 3.18. The van der Waals surface area contributed by atoms with Crippen LogP contribution in [-0.2, 0) is 16.1 Å². The molecule has 3 aromatic heterocycles. The molecule has 0 saturated carbocycles. The van der Waals surface area contributed by atoms with E-state index in [1.165, 1.54) is 24.2 Å². The molecule has 2 unspecified atom stereocenters. The van der Waals surface area contributed by atoms with Gasteiger partial charge in [0.2, 0.25) is 11.8 Å². The normalized spacial score (nSPS) is 17.2. The number of Topliss-reactive ketones (excluding diaryl/α,β-unsaturated/α-hetero) is 1. The molecule has 2 amide bonds. The number of aromatic nitrogens is 5. The van der Waals surface area contributed by atoms with Crippen molar-refractivity contribution in [1.29, 1.82) is 0 Å². The fraction of sp³-hybridized carbons (Fsp3) is 0.240. The van der Waals surface area contributed by atoms with Crippen LogP contribution in [0.3, 0.4) is 0 Å². The van der Waals surface area contributed by atoms with Gasteiger partial charge >= 0.3 is 0 Å². The molecule has 1 fully saturated rings. The molecule has 4 aromatic rings. The third-order valence-corrected chi connectivity index (χ3v) is 6.60. The minimum atomic E-state index is -1.33. The van der Waals surface area contributed by atoms with Crippen LogP contribution in [-0.4, -0.2) is 66.0 Å². The van der Waals surface area contributed by atoms with Crippen LogP contribution >= 0.6 is 15.9 Å². The number of halogens is 2. The number of nitrogens with one attached hydrogen (secondary N) is 1. The van der Waals surface area contributed by atoms with Gasteiger partial charge in [0.1, 0.15) is 23.4 Å². The van der Waals surface area contributed by atoms with Gasteiger partial charge in [0.05, 0.1) is 31.3 Å². The number of rotatable bonds is 6. The monoisotopic (exact) mass is 565 g/mol. The molecule has 12 heteroatoms. The Labute approximate surface area is 219 Å². The van der Waals surface area contributed by atoms with Crippen molar-refractivity contribution in [1.82, 2.24) is 29.6 Å². The van der Waals surface area contributed by atoms with Crippen LogP contribution < -0.4 is 5.32 Å². The van der Waals surface area contributed by atoms with Crippen LogP contribution in [0.25, 0.3) is 22.0 Å². The summed E-state index contributed by atoms with van der Waals surface area (Å²) in [6.07, 6.45) is 6.20. The molecule has 37 heavy (non-hydrogen) atoms. The van der Waals surface area contributed by atoms with E-state index in [1.54, 1.807) is 23.2 Å².